The Hall–Kier alpha value is -5.32. The second-order valence-electron chi connectivity index (χ2n) is 8.46. The third kappa shape index (κ3) is 6.16. The number of aromatic nitrogens is 6. The van der Waals surface area contributed by atoms with Crippen LogP contribution in [0.3, 0.4) is 0 Å². The average Bonchev–Trinajstić information content (AvgIpc) is 2.96. The predicted octanol–water partition coefficient (Wildman–Crippen LogP) is 4.52. The summed E-state index contributed by atoms with van der Waals surface area (Å²) in [7, 11) is 1.55. The van der Waals surface area contributed by atoms with E-state index in [0.717, 1.165) is 22.5 Å². The molecular weight excluding hydrogens is 499 g/mol. The van der Waals surface area contributed by atoms with E-state index in [1.54, 1.807) is 57.0 Å². The van der Waals surface area contributed by atoms with Crippen molar-refractivity contribution in [3.63, 3.8) is 0 Å². The van der Waals surface area contributed by atoms with Crippen LogP contribution in [0.5, 0.6) is 5.88 Å². The summed E-state index contributed by atoms with van der Waals surface area (Å²) < 4.78 is 20.0. The van der Waals surface area contributed by atoms with Gasteiger partial charge in [0.05, 0.1) is 24.7 Å². The highest BCUT2D eigenvalue weighted by Gasteiger charge is 2.16. The van der Waals surface area contributed by atoms with Gasteiger partial charge in [-0.05, 0) is 42.8 Å². The van der Waals surface area contributed by atoms with Gasteiger partial charge in [0.1, 0.15) is 5.82 Å². The van der Waals surface area contributed by atoms with Gasteiger partial charge in [0.15, 0.2) is 17.3 Å². The lowest BCUT2D eigenvalue weighted by molar-refractivity contribution is 0.0941. The van der Waals surface area contributed by atoms with Crippen molar-refractivity contribution in [1.82, 2.24) is 35.2 Å². The first-order valence-electron chi connectivity index (χ1n) is 11.9. The highest BCUT2D eigenvalue weighted by atomic mass is 19.1. The average molecular weight is 523 g/mol. The van der Waals surface area contributed by atoms with Crippen LogP contribution in [0, 0.1) is 12.7 Å². The summed E-state index contributed by atoms with van der Waals surface area (Å²) in [6.07, 6.45) is 8.01. The molecule has 0 aromatic carbocycles. The number of hydrogen-bond acceptors (Lipinski definition) is 9. The van der Waals surface area contributed by atoms with Crippen LogP contribution in [-0.2, 0) is 6.54 Å². The molecule has 5 aromatic rings. The first-order chi connectivity index (χ1) is 19.0. The number of nitrogens with one attached hydrogen (secondary N) is 2. The summed E-state index contributed by atoms with van der Waals surface area (Å²) in [5, 5.41) is 5.82. The van der Waals surface area contributed by atoms with E-state index in [2.05, 4.69) is 40.5 Å². The third-order valence-corrected chi connectivity index (χ3v) is 5.62. The van der Waals surface area contributed by atoms with Crippen LogP contribution in [-0.4, -0.2) is 42.9 Å². The molecule has 0 aliphatic rings. The van der Waals surface area contributed by atoms with Gasteiger partial charge in [0.25, 0.3) is 5.91 Å². The number of methoxy groups -OCH3 is 1. The Kier molecular flexibility index (Phi) is 7.39. The molecule has 0 aliphatic heterocycles. The largest absolute Gasteiger partial charge is 0.481 e. The lowest BCUT2D eigenvalue weighted by atomic mass is 10.1. The van der Waals surface area contributed by atoms with Crippen LogP contribution >= 0.6 is 0 Å². The van der Waals surface area contributed by atoms with Crippen molar-refractivity contribution < 1.29 is 13.9 Å². The van der Waals surface area contributed by atoms with Gasteiger partial charge in [0, 0.05) is 60.3 Å². The van der Waals surface area contributed by atoms with Crippen molar-refractivity contribution in [3.8, 4) is 28.5 Å². The molecule has 194 valence electrons. The van der Waals surface area contributed by atoms with Crippen LogP contribution in [0.4, 0.5) is 15.9 Å². The molecule has 0 bridgehead atoms. The maximum atomic E-state index is 14.9. The molecule has 1 amide bonds. The van der Waals surface area contributed by atoms with E-state index in [0.29, 0.717) is 23.0 Å². The summed E-state index contributed by atoms with van der Waals surface area (Å²) >= 11 is 0. The molecule has 0 spiro atoms. The Bertz CT molecular complexity index is 1600. The van der Waals surface area contributed by atoms with Gasteiger partial charge in [-0.2, -0.15) is 0 Å². The van der Waals surface area contributed by atoms with E-state index in [1.165, 1.54) is 12.3 Å². The number of ether oxygens (including phenoxy) is 1. The van der Waals surface area contributed by atoms with E-state index >= 15 is 0 Å². The first kappa shape index (κ1) is 25.3. The number of halogens is 1. The van der Waals surface area contributed by atoms with Crippen molar-refractivity contribution in [3.05, 3.63) is 102 Å². The van der Waals surface area contributed by atoms with Crippen molar-refractivity contribution in [1.29, 1.82) is 0 Å². The maximum absolute atomic E-state index is 14.9. The zero-order valence-corrected chi connectivity index (χ0v) is 21.1. The predicted molar refractivity (Wildman–Crippen MR) is 143 cm³/mol. The summed E-state index contributed by atoms with van der Waals surface area (Å²) in [5.41, 5.74) is 3.74. The lowest BCUT2D eigenvalue weighted by Gasteiger charge is -2.10. The minimum absolute atomic E-state index is 0.153. The summed E-state index contributed by atoms with van der Waals surface area (Å²) in [5.74, 6) is -0.113. The Morgan fingerprint density at radius 3 is 2.51 bits per heavy atom. The number of carbonyl (C=O) groups is 1. The number of rotatable bonds is 8. The summed E-state index contributed by atoms with van der Waals surface area (Å²) in [4.78, 5) is 38.2. The van der Waals surface area contributed by atoms with Crippen molar-refractivity contribution in [2.45, 2.75) is 13.5 Å². The minimum atomic E-state index is -0.780. The Morgan fingerprint density at radius 1 is 0.949 bits per heavy atom. The quantitative estimate of drug-likeness (QED) is 0.302. The zero-order valence-electron chi connectivity index (χ0n) is 21.1. The van der Waals surface area contributed by atoms with Crippen molar-refractivity contribution in [2.24, 2.45) is 0 Å². The second kappa shape index (κ2) is 11.4. The van der Waals surface area contributed by atoms with Crippen LogP contribution in [0.2, 0.25) is 0 Å². The van der Waals surface area contributed by atoms with Crippen LogP contribution in [0.15, 0.2) is 79.5 Å². The van der Waals surface area contributed by atoms with Gasteiger partial charge in [-0.1, -0.05) is 6.07 Å². The minimum Gasteiger partial charge on any atom is -0.481 e. The molecule has 5 heterocycles. The molecule has 5 rings (SSSR count). The molecule has 0 unspecified atom stereocenters. The monoisotopic (exact) mass is 522 g/mol. The normalized spacial score (nSPS) is 10.6. The number of pyridine rings is 4. The molecule has 0 aliphatic carbocycles. The van der Waals surface area contributed by atoms with E-state index < -0.39 is 11.7 Å². The van der Waals surface area contributed by atoms with Crippen LogP contribution in [0.25, 0.3) is 22.6 Å². The molecule has 0 saturated carbocycles. The van der Waals surface area contributed by atoms with Crippen LogP contribution < -0.4 is 15.4 Å². The number of hydrogen-bond donors (Lipinski definition) is 2. The topological polar surface area (TPSA) is 128 Å². The van der Waals surface area contributed by atoms with Gasteiger partial charge < -0.3 is 15.4 Å². The molecule has 5 aromatic heterocycles. The van der Waals surface area contributed by atoms with Gasteiger partial charge in [0.2, 0.25) is 5.88 Å². The molecule has 0 saturated heterocycles. The highest BCUT2D eigenvalue weighted by molar-refractivity contribution is 5.92. The van der Waals surface area contributed by atoms with Gasteiger partial charge in [-0.15, -0.1) is 0 Å². The van der Waals surface area contributed by atoms with Gasteiger partial charge >= 0.3 is 0 Å². The molecule has 2 N–H and O–H groups in total. The Morgan fingerprint density at radius 2 is 1.82 bits per heavy atom. The standard InChI is InChI=1S/C28H23FN8O2/c1-17-10-24(36-21-4-3-9-30-16-21)37-27(35-17)20-11-22(29)26(33-15-20)28(38)34-13-18-5-7-23(31-12-18)19-6-8-25(39-2)32-14-19/h3-12,14-16H,13H2,1-2H3,(H,34,38)(H,35,36,37). The zero-order chi connectivity index (χ0) is 27.2. The molecule has 0 atom stereocenters. The third-order valence-electron chi connectivity index (χ3n) is 5.62. The summed E-state index contributed by atoms with van der Waals surface area (Å²) in [6.45, 7) is 1.96. The number of nitrogens with zero attached hydrogens (tertiary/aromatic N) is 6. The van der Waals surface area contributed by atoms with E-state index in [4.69, 9.17) is 4.74 Å². The molecule has 39 heavy (non-hydrogen) atoms. The fraction of sp³-hybridized carbons (Fsp3) is 0.107. The fourth-order valence-electron chi connectivity index (χ4n) is 3.69. The number of amides is 1. The van der Waals surface area contributed by atoms with Crippen molar-refractivity contribution in [2.75, 3.05) is 12.4 Å². The molecule has 0 fully saturated rings. The van der Waals surface area contributed by atoms with E-state index in [9.17, 15) is 9.18 Å². The SMILES string of the molecule is COc1ccc(-c2ccc(CNC(=O)c3ncc(-c4nc(C)cc(Nc5cccnc5)n4)cc3F)cn2)cn1. The Labute approximate surface area is 223 Å². The molecule has 0 radical (unpaired) electrons. The molecular formula is C28H23FN8O2. The fourth-order valence-corrected chi connectivity index (χ4v) is 3.69. The molecule has 11 heteroatoms. The highest BCUT2D eigenvalue weighted by Crippen LogP contribution is 2.22. The van der Waals surface area contributed by atoms with Gasteiger partial charge in [-0.3, -0.25) is 14.8 Å². The second-order valence-corrected chi connectivity index (χ2v) is 8.46. The number of anilines is 2. The summed E-state index contributed by atoms with van der Waals surface area (Å²) in [6, 6.07) is 13.9. The smallest absolute Gasteiger partial charge is 0.273 e. The van der Waals surface area contributed by atoms with E-state index in [-0.39, 0.29) is 18.1 Å². The number of aryl methyl sites for hydroxylation is 1. The maximum Gasteiger partial charge on any atom is 0.273 e. The molecule has 10 nitrogen and oxygen atoms in total. The lowest BCUT2D eigenvalue weighted by Crippen LogP contribution is -2.25. The first-order valence-corrected chi connectivity index (χ1v) is 11.9. The van der Waals surface area contributed by atoms with E-state index in [1.807, 2.05) is 24.3 Å². The van der Waals surface area contributed by atoms with Gasteiger partial charge in [-0.25, -0.2) is 24.3 Å². The Balaban J connectivity index is 1.25. The number of carbonyl (C=O) groups excluding carboxylic acids is 1. The van der Waals surface area contributed by atoms with Crippen LogP contribution in [0.1, 0.15) is 21.7 Å². The van der Waals surface area contributed by atoms with Crippen molar-refractivity contribution >= 4 is 17.4 Å².